The third kappa shape index (κ3) is 7.89. The van der Waals surface area contributed by atoms with Crippen LogP contribution in [0.2, 0.25) is 0 Å². The van der Waals surface area contributed by atoms with Gasteiger partial charge >= 0.3 is 0 Å². The lowest BCUT2D eigenvalue weighted by Crippen LogP contribution is -2.56. The Labute approximate surface area is 226 Å². The molecule has 1 aromatic heterocycles. The fourth-order valence-corrected chi connectivity index (χ4v) is 5.22. The molecule has 2 amide bonds. The van der Waals surface area contributed by atoms with Crippen LogP contribution in [-0.4, -0.2) is 59.6 Å². The van der Waals surface area contributed by atoms with Gasteiger partial charge in [-0.2, -0.15) is 0 Å². The Morgan fingerprint density at radius 3 is 2.65 bits per heavy atom. The molecule has 37 heavy (non-hydrogen) atoms. The number of hydrogen-bond acceptors (Lipinski definition) is 6. The summed E-state index contributed by atoms with van der Waals surface area (Å²) in [6, 6.07) is 7.17. The zero-order valence-corrected chi connectivity index (χ0v) is 23.2. The summed E-state index contributed by atoms with van der Waals surface area (Å²) in [4.78, 5) is 37.6. The van der Waals surface area contributed by atoms with Crippen LogP contribution in [0.25, 0.3) is 16.5 Å². The van der Waals surface area contributed by atoms with E-state index >= 15 is 0 Å². The number of likely N-dealkylation sites (N-methyl/N-ethyl adjacent to an activating group) is 1. The summed E-state index contributed by atoms with van der Waals surface area (Å²) in [5, 5.41) is 9.99. The predicted molar refractivity (Wildman–Crippen MR) is 156 cm³/mol. The number of aromatic nitrogens is 1. The van der Waals surface area contributed by atoms with E-state index in [1.165, 1.54) is 6.42 Å². The van der Waals surface area contributed by atoms with Crippen LogP contribution in [0.1, 0.15) is 64.9 Å². The Bertz CT molecular complexity index is 1090. The second-order valence-electron chi connectivity index (χ2n) is 9.68. The number of amides is 2. The van der Waals surface area contributed by atoms with Crippen molar-refractivity contribution in [3.05, 3.63) is 47.6 Å². The molecule has 2 aromatic rings. The molecule has 8 heteroatoms. The molecule has 7 nitrogen and oxygen atoms in total. The Morgan fingerprint density at radius 2 is 1.95 bits per heavy atom. The van der Waals surface area contributed by atoms with Crippen molar-refractivity contribution in [3.63, 3.8) is 0 Å². The molecule has 1 unspecified atom stereocenters. The zero-order chi connectivity index (χ0) is 26.6. The van der Waals surface area contributed by atoms with Crippen molar-refractivity contribution in [2.75, 3.05) is 19.6 Å². The number of rotatable bonds is 12. The highest BCUT2D eigenvalue weighted by atomic mass is 32.1. The van der Waals surface area contributed by atoms with Gasteiger partial charge in [-0.1, -0.05) is 57.4 Å². The lowest BCUT2D eigenvalue weighted by atomic mass is 9.83. The van der Waals surface area contributed by atoms with Gasteiger partial charge in [0.1, 0.15) is 6.04 Å². The van der Waals surface area contributed by atoms with E-state index in [2.05, 4.69) is 40.2 Å². The number of fused-ring (bicyclic) bond motifs is 1. The lowest BCUT2D eigenvalue weighted by Gasteiger charge is -2.34. The summed E-state index contributed by atoms with van der Waals surface area (Å²) in [6.07, 6.45) is 11.5. The number of benzene rings is 1. The summed E-state index contributed by atoms with van der Waals surface area (Å²) in [6.45, 7) is 7.52. The highest BCUT2D eigenvalue weighted by Gasteiger charge is 2.34. The van der Waals surface area contributed by atoms with Crippen molar-refractivity contribution in [1.29, 1.82) is 0 Å². The standard InChI is InChI=1S/C29H41N5O2S/c1-4-16-34(17-15-32-26(20-37)25-19-30-18-23-13-9-10-14-24(23)25)29(36)27(22-11-7-6-8-12-22)33-28(35)21(3)31-5-2/h9-10,13-15,18-22,27,31,37H,4-8,11-12,16-17H2,1-3H3,(H,33,35)/b26-20-,32-15?/t21-,27?/m0/s1. The van der Waals surface area contributed by atoms with Crippen molar-refractivity contribution >= 4 is 47.1 Å². The highest BCUT2D eigenvalue weighted by molar-refractivity contribution is 7.83. The maximum absolute atomic E-state index is 13.8. The Morgan fingerprint density at radius 1 is 1.19 bits per heavy atom. The maximum atomic E-state index is 13.8. The smallest absolute Gasteiger partial charge is 0.245 e. The van der Waals surface area contributed by atoms with E-state index < -0.39 is 6.04 Å². The number of carbonyl (C=O) groups excluding carboxylic acids is 2. The zero-order valence-electron chi connectivity index (χ0n) is 22.3. The van der Waals surface area contributed by atoms with Gasteiger partial charge in [0.25, 0.3) is 0 Å². The SMILES string of the molecule is CCCN(CC=N/C(=C\S)c1cncc2ccccc12)C(=O)C(NC(=O)[C@H](C)NCC)C1CCCCC1. The van der Waals surface area contributed by atoms with Crippen LogP contribution in [0.3, 0.4) is 0 Å². The van der Waals surface area contributed by atoms with Gasteiger partial charge in [0.2, 0.25) is 11.8 Å². The number of carbonyl (C=O) groups is 2. The number of nitrogens with zero attached hydrogens (tertiary/aromatic N) is 3. The molecule has 1 fully saturated rings. The van der Waals surface area contributed by atoms with E-state index in [0.717, 1.165) is 48.4 Å². The highest BCUT2D eigenvalue weighted by Crippen LogP contribution is 2.28. The van der Waals surface area contributed by atoms with Gasteiger partial charge in [0.05, 0.1) is 18.3 Å². The van der Waals surface area contributed by atoms with Gasteiger partial charge in [-0.15, -0.1) is 12.6 Å². The fraction of sp³-hybridized carbons (Fsp3) is 0.517. The number of nitrogens with one attached hydrogen (secondary N) is 2. The quantitative estimate of drug-likeness (QED) is 0.275. The summed E-state index contributed by atoms with van der Waals surface area (Å²) in [5.74, 6) is 0.00472. The monoisotopic (exact) mass is 523 g/mol. The van der Waals surface area contributed by atoms with E-state index in [9.17, 15) is 9.59 Å². The summed E-state index contributed by atoms with van der Waals surface area (Å²) in [5.41, 5.74) is 1.58. The molecule has 1 aromatic carbocycles. The number of hydrogen-bond donors (Lipinski definition) is 3. The molecule has 1 heterocycles. The van der Waals surface area contributed by atoms with Crippen LogP contribution < -0.4 is 10.6 Å². The minimum atomic E-state index is -0.518. The average molecular weight is 524 g/mol. The van der Waals surface area contributed by atoms with E-state index in [-0.39, 0.29) is 23.8 Å². The van der Waals surface area contributed by atoms with Crippen LogP contribution in [0, 0.1) is 5.92 Å². The van der Waals surface area contributed by atoms with E-state index in [1.807, 2.05) is 49.2 Å². The second-order valence-corrected chi connectivity index (χ2v) is 9.94. The molecule has 1 saturated carbocycles. The largest absolute Gasteiger partial charge is 0.343 e. The first-order valence-electron chi connectivity index (χ1n) is 13.5. The van der Waals surface area contributed by atoms with Gasteiger partial charge in [-0.05, 0) is 49.4 Å². The minimum absolute atomic E-state index is 0.0273. The van der Waals surface area contributed by atoms with Gasteiger partial charge in [0.15, 0.2) is 0 Å². The summed E-state index contributed by atoms with van der Waals surface area (Å²) in [7, 11) is 0. The number of pyridine rings is 1. The number of aliphatic imine (C=N–C) groups is 1. The molecule has 2 N–H and O–H groups in total. The van der Waals surface area contributed by atoms with Crippen LogP contribution in [0.15, 0.2) is 47.1 Å². The molecule has 1 aliphatic rings. The topological polar surface area (TPSA) is 86.7 Å². The lowest BCUT2D eigenvalue weighted by molar-refractivity contribution is -0.138. The molecule has 2 atom stereocenters. The first kappa shape index (κ1) is 28.9. The van der Waals surface area contributed by atoms with Gasteiger partial charge < -0.3 is 15.5 Å². The molecule has 0 aliphatic heterocycles. The Hall–Kier alpha value is -2.71. The summed E-state index contributed by atoms with van der Waals surface area (Å²) >= 11 is 4.40. The molecule has 200 valence electrons. The van der Waals surface area contributed by atoms with E-state index in [0.29, 0.717) is 25.3 Å². The molecular formula is C29H41N5O2S. The van der Waals surface area contributed by atoms with E-state index in [1.54, 1.807) is 17.8 Å². The molecule has 0 bridgehead atoms. The van der Waals surface area contributed by atoms with Crippen LogP contribution >= 0.6 is 12.6 Å². The van der Waals surface area contributed by atoms with Gasteiger partial charge in [-0.25, -0.2) is 0 Å². The number of thiol groups is 1. The van der Waals surface area contributed by atoms with Crippen molar-refractivity contribution in [2.45, 2.75) is 71.4 Å². The van der Waals surface area contributed by atoms with Crippen LogP contribution in [0.5, 0.6) is 0 Å². The molecular weight excluding hydrogens is 482 g/mol. The second kappa shape index (κ2) is 14.9. The Kier molecular flexibility index (Phi) is 11.6. The molecule has 0 radical (unpaired) electrons. The van der Waals surface area contributed by atoms with Crippen molar-refractivity contribution in [3.8, 4) is 0 Å². The maximum Gasteiger partial charge on any atom is 0.245 e. The fourth-order valence-electron chi connectivity index (χ4n) is 5.01. The molecule has 3 rings (SSSR count). The first-order chi connectivity index (χ1) is 18.0. The van der Waals surface area contributed by atoms with Gasteiger partial charge in [-0.3, -0.25) is 19.6 Å². The Balaban J connectivity index is 1.78. The van der Waals surface area contributed by atoms with E-state index in [4.69, 9.17) is 0 Å². The van der Waals surface area contributed by atoms with Crippen molar-refractivity contribution in [2.24, 2.45) is 10.9 Å². The predicted octanol–water partition coefficient (Wildman–Crippen LogP) is 4.84. The van der Waals surface area contributed by atoms with Gasteiger partial charge in [0, 0.05) is 36.1 Å². The van der Waals surface area contributed by atoms with Crippen LogP contribution in [-0.2, 0) is 9.59 Å². The molecule has 0 spiro atoms. The van der Waals surface area contributed by atoms with Crippen molar-refractivity contribution < 1.29 is 9.59 Å². The van der Waals surface area contributed by atoms with Crippen molar-refractivity contribution in [1.82, 2.24) is 20.5 Å². The average Bonchev–Trinajstić information content (AvgIpc) is 2.93. The minimum Gasteiger partial charge on any atom is -0.343 e. The normalized spacial score (nSPS) is 16.6. The third-order valence-corrected chi connectivity index (χ3v) is 7.24. The third-order valence-electron chi connectivity index (χ3n) is 6.99. The molecule has 0 saturated heterocycles. The first-order valence-corrected chi connectivity index (χ1v) is 14.0. The molecule has 1 aliphatic carbocycles. The summed E-state index contributed by atoms with van der Waals surface area (Å²) < 4.78 is 0. The van der Waals surface area contributed by atoms with Crippen LogP contribution in [0.4, 0.5) is 0 Å².